The Hall–Kier alpha value is -0.890. The van der Waals surface area contributed by atoms with Crippen LogP contribution in [0.5, 0.6) is 0 Å². The van der Waals surface area contributed by atoms with E-state index in [1.807, 2.05) is 12.1 Å². The smallest absolute Gasteiger partial charge is 0.126 e. The van der Waals surface area contributed by atoms with Gasteiger partial charge in [-0.05, 0) is 49.4 Å². The van der Waals surface area contributed by atoms with E-state index < -0.39 is 0 Å². The van der Waals surface area contributed by atoms with Crippen LogP contribution in [0.4, 0.5) is 4.39 Å². The molecule has 0 saturated carbocycles. The number of rotatable bonds is 7. The van der Waals surface area contributed by atoms with Crippen LogP contribution in [0.15, 0.2) is 24.3 Å². The number of hydrogen-bond donors (Lipinski definition) is 1. The summed E-state index contributed by atoms with van der Waals surface area (Å²) in [7, 11) is 0. The summed E-state index contributed by atoms with van der Waals surface area (Å²) in [5, 5.41) is 3.43. The van der Waals surface area contributed by atoms with Gasteiger partial charge in [0.2, 0.25) is 0 Å². The lowest BCUT2D eigenvalue weighted by Gasteiger charge is -2.21. The van der Waals surface area contributed by atoms with Crippen molar-refractivity contribution in [3.05, 3.63) is 35.6 Å². The van der Waals surface area contributed by atoms with E-state index in [1.165, 1.54) is 0 Å². The Labute approximate surface area is 104 Å². The van der Waals surface area contributed by atoms with Crippen LogP contribution in [0.25, 0.3) is 0 Å². The molecular weight excluding hydrogens is 213 g/mol. The van der Waals surface area contributed by atoms with Gasteiger partial charge >= 0.3 is 0 Å². The molecule has 1 atom stereocenters. The Bertz CT molecular complexity index is 322. The normalized spacial score (nSPS) is 13.0. The molecule has 0 amide bonds. The van der Waals surface area contributed by atoms with Crippen molar-refractivity contribution in [2.75, 3.05) is 13.1 Å². The van der Waals surface area contributed by atoms with Crippen molar-refractivity contribution < 1.29 is 4.39 Å². The van der Waals surface area contributed by atoms with Gasteiger partial charge in [-0.3, -0.25) is 0 Å². The van der Waals surface area contributed by atoms with Gasteiger partial charge in [-0.25, -0.2) is 4.39 Å². The van der Waals surface area contributed by atoms with Gasteiger partial charge in [0.05, 0.1) is 0 Å². The lowest BCUT2D eigenvalue weighted by molar-refractivity contribution is 0.357. The minimum absolute atomic E-state index is 0.0753. The maximum absolute atomic E-state index is 13.6. The molecule has 96 valence electrons. The molecule has 0 saturated heterocycles. The second kappa shape index (κ2) is 7.44. The third kappa shape index (κ3) is 4.86. The average Bonchev–Trinajstić information content (AvgIpc) is 2.30. The molecule has 1 aromatic carbocycles. The first-order chi connectivity index (χ1) is 8.15. The molecule has 0 radical (unpaired) electrons. The van der Waals surface area contributed by atoms with Crippen LogP contribution in [-0.2, 0) is 6.42 Å². The maximum atomic E-state index is 13.6. The molecule has 0 fully saturated rings. The van der Waals surface area contributed by atoms with Crippen molar-refractivity contribution in [1.82, 2.24) is 5.32 Å². The van der Waals surface area contributed by atoms with Crippen molar-refractivity contribution in [2.24, 2.45) is 11.8 Å². The Morgan fingerprint density at radius 2 is 1.94 bits per heavy atom. The largest absolute Gasteiger partial charge is 0.316 e. The minimum Gasteiger partial charge on any atom is -0.316 e. The van der Waals surface area contributed by atoms with Gasteiger partial charge in [0.1, 0.15) is 5.82 Å². The molecule has 0 heterocycles. The van der Waals surface area contributed by atoms with E-state index in [1.54, 1.807) is 12.1 Å². The zero-order valence-corrected chi connectivity index (χ0v) is 11.2. The quantitative estimate of drug-likeness (QED) is 0.714. The molecule has 1 nitrogen and oxygen atoms in total. The van der Waals surface area contributed by atoms with Gasteiger partial charge in [-0.15, -0.1) is 0 Å². The van der Waals surface area contributed by atoms with Crippen LogP contribution in [0.3, 0.4) is 0 Å². The highest BCUT2D eigenvalue weighted by atomic mass is 19.1. The summed E-state index contributed by atoms with van der Waals surface area (Å²) in [6.45, 7) is 8.59. The lowest BCUT2D eigenvalue weighted by Crippen LogP contribution is -2.28. The second-order valence-corrected chi connectivity index (χ2v) is 5.00. The van der Waals surface area contributed by atoms with E-state index >= 15 is 0 Å². The third-order valence-electron chi connectivity index (χ3n) is 3.22. The number of nitrogens with one attached hydrogen (secondary N) is 1. The molecule has 0 bridgehead atoms. The lowest BCUT2D eigenvalue weighted by atomic mass is 9.89. The number of halogens is 1. The predicted octanol–water partition coefficient (Wildman–Crippen LogP) is 3.64. The highest BCUT2D eigenvalue weighted by Crippen LogP contribution is 2.18. The monoisotopic (exact) mass is 237 g/mol. The van der Waals surface area contributed by atoms with Crippen molar-refractivity contribution in [2.45, 2.75) is 33.6 Å². The standard InChI is InChI=1S/C15H24FN/c1-4-9-17-11-14(12(2)3)10-13-7-5-6-8-15(13)16/h5-8,12,14,17H,4,9-11H2,1-3H3. The number of hydrogen-bond acceptors (Lipinski definition) is 1. The van der Waals surface area contributed by atoms with Crippen LogP contribution in [0.2, 0.25) is 0 Å². The first kappa shape index (κ1) is 14.2. The second-order valence-electron chi connectivity index (χ2n) is 5.00. The molecule has 1 unspecified atom stereocenters. The van der Waals surface area contributed by atoms with E-state index in [0.717, 1.165) is 31.5 Å². The fraction of sp³-hybridized carbons (Fsp3) is 0.600. The van der Waals surface area contributed by atoms with Crippen LogP contribution >= 0.6 is 0 Å². The maximum Gasteiger partial charge on any atom is 0.126 e. The van der Waals surface area contributed by atoms with E-state index in [0.29, 0.717) is 11.8 Å². The molecule has 1 aromatic rings. The Balaban J connectivity index is 2.57. The molecule has 0 aromatic heterocycles. The molecule has 1 rings (SSSR count). The summed E-state index contributed by atoms with van der Waals surface area (Å²) < 4.78 is 13.6. The molecular formula is C15H24FN. The van der Waals surface area contributed by atoms with Gasteiger partial charge in [0.15, 0.2) is 0 Å². The van der Waals surface area contributed by atoms with Crippen LogP contribution in [0, 0.1) is 17.7 Å². The van der Waals surface area contributed by atoms with Crippen LogP contribution < -0.4 is 5.32 Å². The van der Waals surface area contributed by atoms with Crippen molar-refractivity contribution in [3.8, 4) is 0 Å². The average molecular weight is 237 g/mol. The van der Waals surface area contributed by atoms with E-state index in [4.69, 9.17) is 0 Å². The summed E-state index contributed by atoms with van der Waals surface area (Å²) in [5.41, 5.74) is 0.837. The molecule has 2 heteroatoms. The molecule has 0 spiro atoms. The molecule has 17 heavy (non-hydrogen) atoms. The Morgan fingerprint density at radius 3 is 2.53 bits per heavy atom. The van der Waals surface area contributed by atoms with Crippen molar-refractivity contribution in [1.29, 1.82) is 0 Å². The molecule has 0 aliphatic rings. The van der Waals surface area contributed by atoms with Crippen LogP contribution in [0.1, 0.15) is 32.8 Å². The summed E-state index contributed by atoms with van der Waals surface area (Å²) in [6, 6.07) is 7.10. The van der Waals surface area contributed by atoms with Crippen molar-refractivity contribution in [3.63, 3.8) is 0 Å². The van der Waals surface area contributed by atoms with Gasteiger partial charge < -0.3 is 5.32 Å². The van der Waals surface area contributed by atoms with Crippen molar-refractivity contribution >= 4 is 0 Å². The summed E-state index contributed by atoms with van der Waals surface area (Å²) in [4.78, 5) is 0. The highest BCUT2D eigenvalue weighted by molar-refractivity contribution is 5.18. The molecule has 1 N–H and O–H groups in total. The predicted molar refractivity (Wildman–Crippen MR) is 71.6 cm³/mol. The summed E-state index contributed by atoms with van der Waals surface area (Å²) >= 11 is 0. The fourth-order valence-corrected chi connectivity index (χ4v) is 1.95. The Morgan fingerprint density at radius 1 is 1.24 bits per heavy atom. The first-order valence-corrected chi connectivity index (χ1v) is 6.59. The van der Waals surface area contributed by atoms with Gasteiger partial charge in [-0.1, -0.05) is 39.0 Å². The minimum atomic E-state index is -0.0753. The van der Waals surface area contributed by atoms with E-state index in [9.17, 15) is 4.39 Å². The highest BCUT2D eigenvalue weighted by Gasteiger charge is 2.15. The first-order valence-electron chi connectivity index (χ1n) is 6.59. The summed E-state index contributed by atoms with van der Waals surface area (Å²) in [5.74, 6) is 0.992. The van der Waals surface area contributed by atoms with E-state index in [2.05, 4.69) is 26.1 Å². The van der Waals surface area contributed by atoms with E-state index in [-0.39, 0.29) is 5.82 Å². The van der Waals surface area contributed by atoms with Gasteiger partial charge in [-0.2, -0.15) is 0 Å². The fourth-order valence-electron chi connectivity index (χ4n) is 1.95. The molecule has 0 aliphatic heterocycles. The zero-order valence-electron chi connectivity index (χ0n) is 11.2. The number of benzene rings is 1. The SMILES string of the molecule is CCCNCC(Cc1ccccc1F)C(C)C. The topological polar surface area (TPSA) is 12.0 Å². The third-order valence-corrected chi connectivity index (χ3v) is 3.22. The van der Waals surface area contributed by atoms with Gasteiger partial charge in [0, 0.05) is 0 Å². The summed E-state index contributed by atoms with van der Waals surface area (Å²) in [6.07, 6.45) is 1.96. The van der Waals surface area contributed by atoms with Crippen LogP contribution in [-0.4, -0.2) is 13.1 Å². The zero-order chi connectivity index (χ0) is 12.7. The molecule has 0 aliphatic carbocycles. The Kier molecular flexibility index (Phi) is 6.20. The van der Waals surface area contributed by atoms with Gasteiger partial charge in [0.25, 0.3) is 0 Å².